The van der Waals surface area contributed by atoms with Crippen molar-refractivity contribution in [3.8, 4) is 6.07 Å². The van der Waals surface area contributed by atoms with Gasteiger partial charge in [-0.15, -0.1) is 0 Å². The number of hydrogen-bond donors (Lipinski definition) is 1. The maximum atomic E-state index is 11.7. The number of amides is 1. The summed E-state index contributed by atoms with van der Waals surface area (Å²) in [5.41, 5.74) is 1.48. The van der Waals surface area contributed by atoms with Crippen molar-refractivity contribution >= 4 is 27.5 Å². The maximum Gasteiger partial charge on any atom is 0.239 e. The Balaban J connectivity index is 2.66. The predicted molar refractivity (Wildman–Crippen MR) is 80.0 cm³/mol. The molecule has 0 bridgehead atoms. The summed E-state index contributed by atoms with van der Waals surface area (Å²) >= 11 is 3.42. The van der Waals surface area contributed by atoms with Crippen molar-refractivity contribution in [1.82, 2.24) is 5.32 Å². The highest BCUT2D eigenvalue weighted by Crippen LogP contribution is 2.26. The highest BCUT2D eigenvalue weighted by molar-refractivity contribution is 9.10. The van der Waals surface area contributed by atoms with Gasteiger partial charge in [-0.2, -0.15) is 5.26 Å². The molecule has 0 fully saturated rings. The molecule has 1 aromatic carbocycles. The molecule has 0 heterocycles. The lowest BCUT2D eigenvalue weighted by Gasteiger charge is -2.20. The number of nitriles is 1. The monoisotopic (exact) mass is 323 g/mol. The minimum absolute atomic E-state index is 0.00698. The number of rotatable bonds is 5. The van der Waals surface area contributed by atoms with E-state index < -0.39 is 0 Å². The first-order chi connectivity index (χ1) is 8.93. The van der Waals surface area contributed by atoms with E-state index in [0.29, 0.717) is 18.0 Å². The molecule has 19 heavy (non-hydrogen) atoms. The standard InChI is InChI=1S/C14H18BrN3O/c1-10(2)8-17-14(19)9-18(3)13-5-4-11(7-16)6-12(13)15/h4-6,10H,8-9H2,1-3H3,(H,17,19). The SMILES string of the molecule is CC(C)CNC(=O)CN(C)c1ccc(C#N)cc1Br. The van der Waals surface area contributed by atoms with Crippen LogP contribution < -0.4 is 10.2 Å². The smallest absolute Gasteiger partial charge is 0.239 e. The lowest BCUT2D eigenvalue weighted by atomic mass is 10.2. The van der Waals surface area contributed by atoms with Crippen molar-refractivity contribution in [3.05, 3.63) is 28.2 Å². The van der Waals surface area contributed by atoms with Crippen LogP contribution in [0.2, 0.25) is 0 Å². The van der Waals surface area contributed by atoms with Gasteiger partial charge in [-0.1, -0.05) is 13.8 Å². The Hall–Kier alpha value is -1.54. The van der Waals surface area contributed by atoms with E-state index >= 15 is 0 Å². The summed E-state index contributed by atoms with van der Waals surface area (Å²) in [7, 11) is 1.85. The Bertz CT molecular complexity index is 494. The third-order valence-electron chi connectivity index (χ3n) is 2.58. The van der Waals surface area contributed by atoms with Gasteiger partial charge in [0.15, 0.2) is 0 Å². The third kappa shape index (κ3) is 4.92. The summed E-state index contributed by atoms with van der Waals surface area (Å²) in [5.74, 6) is 0.434. The number of hydrogen-bond acceptors (Lipinski definition) is 3. The summed E-state index contributed by atoms with van der Waals surface area (Å²) in [6.07, 6.45) is 0. The number of benzene rings is 1. The fraction of sp³-hybridized carbons (Fsp3) is 0.429. The van der Waals surface area contributed by atoms with Gasteiger partial charge < -0.3 is 10.2 Å². The van der Waals surface area contributed by atoms with E-state index in [4.69, 9.17) is 5.26 Å². The predicted octanol–water partition coefficient (Wildman–Crippen LogP) is 2.53. The van der Waals surface area contributed by atoms with Crippen molar-refractivity contribution < 1.29 is 4.79 Å². The fourth-order valence-corrected chi connectivity index (χ4v) is 2.24. The number of likely N-dealkylation sites (N-methyl/N-ethyl adjacent to an activating group) is 1. The highest BCUT2D eigenvalue weighted by Gasteiger charge is 2.10. The minimum Gasteiger partial charge on any atom is -0.364 e. The number of halogens is 1. The molecule has 0 spiro atoms. The molecule has 0 atom stereocenters. The van der Waals surface area contributed by atoms with Crippen LogP contribution in [0.5, 0.6) is 0 Å². The zero-order valence-corrected chi connectivity index (χ0v) is 13.0. The van der Waals surface area contributed by atoms with Crippen molar-refractivity contribution in [1.29, 1.82) is 5.26 Å². The molecular weight excluding hydrogens is 306 g/mol. The zero-order chi connectivity index (χ0) is 14.4. The molecule has 102 valence electrons. The van der Waals surface area contributed by atoms with Crippen LogP contribution >= 0.6 is 15.9 Å². The van der Waals surface area contributed by atoms with Crippen molar-refractivity contribution in [3.63, 3.8) is 0 Å². The molecule has 0 radical (unpaired) electrons. The summed E-state index contributed by atoms with van der Waals surface area (Å²) in [6.45, 7) is 5.08. The van der Waals surface area contributed by atoms with Crippen LogP contribution in [-0.4, -0.2) is 26.0 Å². The number of nitrogens with zero attached hydrogens (tertiary/aromatic N) is 2. The van der Waals surface area contributed by atoms with Gasteiger partial charge in [-0.05, 0) is 40.0 Å². The van der Waals surface area contributed by atoms with Gasteiger partial charge in [-0.25, -0.2) is 0 Å². The van der Waals surface area contributed by atoms with Gasteiger partial charge in [0.25, 0.3) is 0 Å². The van der Waals surface area contributed by atoms with Gasteiger partial charge in [0.1, 0.15) is 0 Å². The van der Waals surface area contributed by atoms with E-state index in [2.05, 4.69) is 41.2 Å². The summed E-state index contributed by atoms with van der Waals surface area (Å²) in [6, 6.07) is 7.40. The van der Waals surface area contributed by atoms with E-state index in [1.54, 1.807) is 12.1 Å². The molecular formula is C14H18BrN3O. The molecule has 5 heteroatoms. The molecule has 0 unspecified atom stereocenters. The van der Waals surface area contributed by atoms with Crippen molar-refractivity contribution in [2.24, 2.45) is 5.92 Å². The Labute approximate surface area is 122 Å². The first-order valence-electron chi connectivity index (χ1n) is 6.11. The fourth-order valence-electron chi connectivity index (χ4n) is 1.56. The molecule has 0 saturated carbocycles. The molecule has 1 amide bonds. The Morgan fingerprint density at radius 3 is 2.74 bits per heavy atom. The minimum atomic E-state index is -0.00698. The Kier molecular flexibility index (Phi) is 5.84. The van der Waals surface area contributed by atoms with Crippen LogP contribution in [0.25, 0.3) is 0 Å². The Morgan fingerprint density at radius 1 is 1.53 bits per heavy atom. The lowest BCUT2D eigenvalue weighted by Crippen LogP contribution is -2.36. The molecule has 0 aliphatic rings. The van der Waals surface area contributed by atoms with E-state index in [-0.39, 0.29) is 12.5 Å². The van der Waals surface area contributed by atoms with E-state index in [1.165, 1.54) is 0 Å². The summed E-state index contributed by atoms with van der Waals surface area (Å²) < 4.78 is 0.811. The second-order valence-corrected chi connectivity index (χ2v) is 5.69. The number of anilines is 1. The largest absolute Gasteiger partial charge is 0.364 e. The van der Waals surface area contributed by atoms with E-state index in [1.807, 2.05) is 18.0 Å². The number of carbonyl (C=O) groups excluding carboxylic acids is 1. The molecule has 0 aliphatic heterocycles. The first kappa shape index (κ1) is 15.5. The third-order valence-corrected chi connectivity index (χ3v) is 3.21. The zero-order valence-electron chi connectivity index (χ0n) is 11.4. The maximum absolute atomic E-state index is 11.7. The average Bonchev–Trinajstić information content (AvgIpc) is 2.35. The normalized spacial score (nSPS) is 10.1. The van der Waals surface area contributed by atoms with E-state index in [9.17, 15) is 4.79 Å². The lowest BCUT2D eigenvalue weighted by molar-refractivity contribution is -0.119. The molecule has 0 aromatic heterocycles. The van der Waals surface area contributed by atoms with Crippen LogP contribution in [0.3, 0.4) is 0 Å². The summed E-state index contributed by atoms with van der Waals surface area (Å²) in [4.78, 5) is 13.6. The quantitative estimate of drug-likeness (QED) is 0.905. The van der Waals surface area contributed by atoms with Gasteiger partial charge in [0.2, 0.25) is 5.91 Å². The van der Waals surface area contributed by atoms with Gasteiger partial charge >= 0.3 is 0 Å². The molecule has 0 saturated heterocycles. The van der Waals surface area contributed by atoms with Crippen LogP contribution in [-0.2, 0) is 4.79 Å². The highest BCUT2D eigenvalue weighted by atomic mass is 79.9. The molecule has 1 aromatic rings. The molecule has 0 aliphatic carbocycles. The van der Waals surface area contributed by atoms with Crippen LogP contribution in [0.15, 0.2) is 22.7 Å². The van der Waals surface area contributed by atoms with Crippen molar-refractivity contribution in [2.45, 2.75) is 13.8 Å². The second-order valence-electron chi connectivity index (χ2n) is 4.83. The molecule has 1 rings (SSSR count). The number of nitrogens with one attached hydrogen (secondary N) is 1. The van der Waals surface area contributed by atoms with Gasteiger partial charge in [0, 0.05) is 18.1 Å². The topological polar surface area (TPSA) is 56.1 Å². The van der Waals surface area contributed by atoms with Crippen LogP contribution in [0.4, 0.5) is 5.69 Å². The molecule has 1 N–H and O–H groups in total. The van der Waals surface area contributed by atoms with Gasteiger partial charge in [0.05, 0.1) is 23.9 Å². The Morgan fingerprint density at radius 2 is 2.21 bits per heavy atom. The average molecular weight is 324 g/mol. The first-order valence-corrected chi connectivity index (χ1v) is 6.90. The molecule has 4 nitrogen and oxygen atoms in total. The number of carbonyl (C=O) groups is 1. The van der Waals surface area contributed by atoms with E-state index in [0.717, 1.165) is 10.2 Å². The van der Waals surface area contributed by atoms with Crippen LogP contribution in [0, 0.1) is 17.2 Å². The second kappa shape index (κ2) is 7.15. The van der Waals surface area contributed by atoms with Gasteiger partial charge in [-0.3, -0.25) is 4.79 Å². The van der Waals surface area contributed by atoms with Crippen molar-refractivity contribution in [2.75, 3.05) is 25.0 Å². The summed E-state index contributed by atoms with van der Waals surface area (Å²) in [5, 5.41) is 11.7. The van der Waals surface area contributed by atoms with Crippen LogP contribution in [0.1, 0.15) is 19.4 Å².